The van der Waals surface area contributed by atoms with Gasteiger partial charge in [0.2, 0.25) is 5.91 Å². The first-order chi connectivity index (χ1) is 12.1. The lowest BCUT2D eigenvalue weighted by molar-refractivity contribution is -0.125. The molecule has 0 radical (unpaired) electrons. The number of carbonyl (C=O) groups excluding carboxylic acids is 1. The van der Waals surface area contributed by atoms with E-state index < -0.39 is 0 Å². The van der Waals surface area contributed by atoms with Crippen molar-refractivity contribution in [1.29, 1.82) is 0 Å². The monoisotopic (exact) mass is 341 g/mol. The van der Waals surface area contributed by atoms with E-state index in [1.54, 1.807) is 45.4 Å². The Morgan fingerprint density at radius 2 is 1.64 bits per heavy atom. The SMILES string of the molecule is COc1ccccc1/C=C/C(=O)N(C)Cc1ccc(OC)c(OC)c1. The summed E-state index contributed by atoms with van der Waals surface area (Å²) in [5.41, 5.74) is 1.82. The number of nitrogens with zero attached hydrogens (tertiary/aromatic N) is 1. The van der Waals surface area contributed by atoms with Crippen molar-refractivity contribution in [3.63, 3.8) is 0 Å². The second kappa shape index (κ2) is 8.78. The largest absolute Gasteiger partial charge is 0.496 e. The average molecular weight is 341 g/mol. The Kier molecular flexibility index (Phi) is 6.46. The van der Waals surface area contributed by atoms with Gasteiger partial charge in [0.1, 0.15) is 5.75 Å². The molecule has 0 heterocycles. The quantitative estimate of drug-likeness (QED) is 0.725. The molecule has 5 nitrogen and oxygen atoms in total. The molecule has 0 aliphatic carbocycles. The van der Waals surface area contributed by atoms with E-state index in [-0.39, 0.29) is 5.91 Å². The number of rotatable bonds is 7. The molecule has 132 valence electrons. The van der Waals surface area contributed by atoms with Crippen molar-refractivity contribution in [2.75, 3.05) is 28.4 Å². The van der Waals surface area contributed by atoms with E-state index in [0.717, 1.165) is 16.9 Å². The van der Waals surface area contributed by atoms with Crippen molar-refractivity contribution in [3.05, 3.63) is 59.7 Å². The molecule has 5 heteroatoms. The lowest BCUT2D eigenvalue weighted by atomic mass is 10.1. The Labute approximate surface area is 148 Å². The molecular weight excluding hydrogens is 318 g/mol. The number of benzene rings is 2. The molecule has 2 rings (SSSR count). The van der Waals surface area contributed by atoms with Crippen LogP contribution in [0.1, 0.15) is 11.1 Å². The number of hydrogen-bond donors (Lipinski definition) is 0. The Balaban J connectivity index is 2.06. The van der Waals surface area contributed by atoms with E-state index >= 15 is 0 Å². The number of methoxy groups -OCH3 is 3. The standard InChI is InChI=1S/C20H23NO4/c1-21(14-15-9-11-18(24-3)19(13-15)25-4)20(22)12-10-16-7-5-6-8-17(16)23-2/h5-13H,14H2,1-4H3/b12-10+. The maximum Gasteiger partial charge on any atom is 0.246 e. The van der Waals surface area contributed by atoms with Gasteiger partial charge in [0.25, 0.3) is 0 Å². The third kappa shape index (κ3) is 4.76. The lowest BCUT2D eigenvalue weighted by Gasteiger charge is -2.16. The van der Waals surface area contributed by atoms with E-state index in [1.807, 2.05) is 42.5 Å². The van der Waals surface area contributed by atoms with Crippen LogP contribution in [0.2, 0.25) is 0 Å². The molecule has 0 aliphatic rings. The summed E-state index contributed by atoms with van der Waals surface area (Å²) >= 11 is 0. The van der Waals surface area contributed by atoms with Crippen molar-refractivity contribution in [2.45, 2.75) is 6.54 Å². The van der Waals surface area contributed by atoms with E-state index in [1.165, 1.54) is 0 Å². The molecule has 0 aromatic heterocycles. The van der Waals surface area contributed by atoms with Crippen LogP contribution in [0.3, 0.4) is 0 Å². The molecule has 0 N–H and O–H groups in total. The van der Waals surface area contributed by atoms with Crippen molar-refractivity contribution >= 4 is 12.0 Å². The normalized spacial score (nSPS) is 10.6. The zero-order chi connectivity index (χ0) is 18.2. The topological polar surface area (TPSA) is 48.0 Å². The van der Waals surface area contributed by atoms with Gasteiger partial charge in [-0.2, -0.15) is 0 Å². The van der Waals surface area contributed by atoms with Crippen LogP contribution in [0.25, 0.3) is 6.08 Å². The first kappa shape index (κ1) is 18.4. The molecule has 0 fully saturated rings. The van der Waals surface area contributed by atoms with Crippen LogP contribution in [-0.4, -0.2) is 39.2 Å². The first-order valence-corrected chi connectivity index (χ1v) is 7.86. The van der Waals surface area contributed by atoms with Gasteiger partial charge in [-0.15, -0.1) is 0 Å². The van der Waals surface area contributed by atoms with Crippen LogP contribution >= 0.6 is 0 Å². The van der Waals surface area contributed by atoms with Gasteiger partial charge in [-0.25, -0.2) is 0 Å². The van der Waals surface area contributed by atoms with Gasteiger partial charge in [0.15, 0.2) is 11.5 Å². The van der Waals surface area contributed by atoms with Crippen molar-refractivity contribution in [2.24, 2.45) is 0 Å². The second-order valence-corrected chi connectivity index (χ2v) is 5.46. The number of para-hydroxylation sites is 1. The number of amides is 1. The van der Waals surface area contributed by atoms with Crippen LogP contribution in [0, 0.1) is 0 Å². The predicted molar refractivity (Wildman–Crippen MR) is 98.0 cm³/mol. The highest BCUT2D eigenvalue weighted by atomic mass is 16.5. The third-order valence-electron chi connectivity index (χ3n) is 3.79. The fourth-order valence-corrected chi connectivity index (χ4v) is 2.42. The zero-order valence-electron chi connectivity index (χ0n) is 15.0. The molecule has 0 saturated heterocycles. The van der Waals surface area contributed by atoms with E-state index in [9.17, 15) is 4.79 Å². The van der Waals surface area contributed by atoms with Gasteiger partial charge in [-0.3, -0.25) is 4.79 Å². The molecule has 0 spiro atoms. The van der Waals surface area contributed by atoms with Gasteiger partial charge in [-0.1, -0.05) is 24.3 Å². The molecular formula is C20H23NO4. The summed E-state index contributed by atoms with van der Waals surface area (Å²) in [6, 6.07) is 13.2. The summed E-state index contributed by atoms with van der Waals surface area (Å²) in [6.45, 7) is 0.468. The number of hydrogen-bond acceptors (Lipinski definition) is 4. The summed E-state index contributed by atoms with van der Waals surface area (Å²) in [5.74, 6) is 1.94. The minimum Gasteiger partial charge on any atom is -0.496 e. The molecule has 0 aliphatic heterocycles. The first-order valence-electron chi connectivity index (χ1n) is 7.86. The third-order valence-corrected chi connectivity index (χ3v) is 3.79. The van der Waals surface area contributed by atoms with Gasteiger partial charge in [-0.05, 0) is 29.8 Å². The Hall–Kier alpha value is -2.95. The maximum absolute atomic E-state index is 12.3. The van der Waals surface area contributed by atoms with E-state index in [2.05, 4.69) is 0 Å². The average Bonchev–Trinajstić information content (AvgIpc) is 2.65. The molecule has 2 aromatic rings. The predicted octanol–water partition coefficient (Wildman–Crippen LogP) is 3.38. The van der Waals surface area contributed by atoms with Gasteiger partial charge >= 0.3 is 0 Å². The smallest absolute Gasteiger partial charge is 0.246 e. The minimum atomic E-state index is -0.0966. The van der Waals surface area contributed by atoms with Crippen molar-refractivity contribution in [3.8, 4) is 17.2 Å². The van der Waals surface area contributed by atoms with Crippen LogP contribution in [0.4, 0.5) is 0 Å². The Morgan fingerprint density at radius 1 is 0.960 bits per heavy atom. The maximum atomic E-state index is 12.3. The van der Waals surface area contributed by atoms with Gasteiger partial charge in [0, 0.05) is 25.2 Å². The fourth-order valence-electron chi connectivity index (χ4n) is 2.42. The molecule has 0 atom stereocenters. The van der Waals surface area contributed by atoms with E-state index in [0.29, 0.717) is 18.0 Å². The van der Waals surface area contributed by atoms with Crippen LogP contribution in [0.5, 0.6) is 17.2 Å². The van der Waals surface area contributed by atoms with Gasteiger partial charge in [0.05, 0.1) is 21.3 Å². The van der Waals surface area contributed by atoms with Crippen LogP contribution in [-0.2, 0) is 11.3 Å². The molecule has 0 unspecified atom stereocenters. The molecule has 1 amide bonds. The zero-order valence-corrected chi connectivity index (χ0v) is 15.0. The highest BCUT2D eigenvalue weighted by molar-refractivity contribution is 5.92. The summed E-state index contributed by atoms with van der Waals surface area (Å²) in [6.07, 6.45) is 3.30. The van der Waals surface area contributed by atoms with Crippen LogP contribution in [0.15, 0.2) is 48.5 Å². The summed E-state index contributed by atoms with van der Waals surface area (Å²) in [7, 11) is 6.55. The minimum absolute atomic E-state index is 0.0966. The van der Waals surface area contributed by atoms with Crippen LogP contribution < -0.4 is 14.2 Å². The van der Waals surface area contributed by atoms with Crippen molar-refractivity contribution < 1.29 is 19.0 Å². The molecule has 0 saturated carbocycles. The Morgan fingerprint density at radius 3 is 2.32 bits per heavy atom. The molecule has 25 heavy (non-hydrogen) atoms. The second-order valence-electron chi connectivity index (χ2n) is 5.46. The Bertz CT molecular complexity index is 755. The fraction of sp³-hybridized carbons (Fsp3) is 0.250. The van der Waals surface area contributed by atoms with Crippen molar-refractivity contribution in [1.82, 2.24) is 4.90 Å². The highest BCUT2D eigenvalue weighted by Crippen LogP contribution is 2.28. The highest BCUT2D eigenvalue weighted by Gasteiger charge is 2.09. The number of likely N-dealkylation sites (N-methyl/N-ethyl adjacent to an activating group) is 1. The van der Waals surface area contributed by atoms with E-state index in [4.69, 9.17) is 14.2 Å². The lowest BCUT2D eigenvalue weighted by Crippen LogP contribution is -2.24. The summed E-state index contributed by atoms with van der Waals surface area (Å²) < 4.78 is 15.8. The molecule has 2 aromatic carbocycles. The number of carbonyl (C=O) groups is 1. The number of ether oxygens (including phenoxy) is 3. The molecule has 0 bridgehead atoms. The summed E-state index contributed by atoms with van der Waals surface area (Å²) in [5, 5.41) is 0. The van der Waals surface area contributed by atoms with Gasteiger partial charge < -0.3 is 19.1 Å². The summed E-state index contributed by atoms with van der Waals surface area (Å²) in [4.78, 5) is 14.0.